The van der Waals surface area contributed by atoms with E-state index < -0.39 is 22.6 Å². The van der Waals surface area contributed by atoms with E-state index in [-0.39, 0.29) is 19.0 Å². The van der Waals surface area contributed by atoms with Crippen LogP contribution in [-0.2, 0) is 32.5 Å². The lowest BCUT2D eigenvalue weighted by Gasteiger charge is -2.12. The highest BCUT2D eigenvalue weighted by Gasteiger charge is 2.27. The molecule has 29 heavy (non-hydrogen) atoms. The fourth-order valence-electron chi connectivity index (χ4n) is 2.09. The number of nitrogens with one attached hydrogen (secondary N) is 2. The van der Waals surface area contributed by atoms with E-state index in [9.17, 15) is 21.6 Å². The smallest absolute Gasteiger partial charge is 0.379 e. The van der Waals surface area contributed by atoms with Gasteiger partial charge in [-0.1, -0.05) is 24.3 Å². The molecule has 0 atom stereocenters. The first-order chi connectivity index (χ1) is 13.6. The summed E-state index contributed by atoms with van der Waals surface area (Å²) in [5.41, 5.74) is 1.55. The highest BCUT2D eigenvalue weighted by atomic mass is 32.2. The fraction of sp³-hybridized carbons (Fsp3) is 0.611. The number of halogens is 3. The first-order valence-electron chi connectivity index (χ1n) is 9.09. The zero-order valence-electron chi connectivity index (χ0n) is 16.6. The first-order valence-corrected chi connectivity index (χ1v) is 11.1. The maximum Gasteiger partial charge on any atom is 0.411 e. The molecule has 0 aromatic heterocycles. The van der Waals surface area contributed by atoms with Crippen LogP contribution in [0, 0.1) is 0 Å². The van der Waals surface area contributed by atoms with Crippen LogP contribution in [0.1, 0.15) is 18.1 Å². The zero-order valence-corrected chi connectivity index (χ0v) is 17.4. The van der Waals surface area contributed by atoms with Gasteiger partial charge in [-0.05, 0) is 18.1 Å². The van der Waals surface area contributed by atoms with Crippen molar-refractivity contribution in [3.63, 3.8) is 0 Å². The van der Waals surface area contributed by atoms with Gasteiger partial charge >= 0.3 is 6.18 Å². The lowest BCUT2D eigenvalue weighted by Crippen LogP contribution is -2.39. The van der Waals surface area contributed by atoms with E-state index in [1.54, 1.807) is 24.3 Å². The van der Waals surface area contributed by atoms with Crippen molar-refractivity contribution in [3.05, 3.63) is 35.4 Å². The Labute approximate surface area is 169 Å². The number of guanidine groups is 1. The Morgan fingerprint density at radius 3 is 2.31 bits per heavy atom. The Kier molecular flexibility index (Phi) is 11.0. The maximum atomic E-state index is 12.1. The summed E-state index contributed by atoms with van der Waals surface area (Å²) < 4.78 is 68.1. The molecule has 0 saturated heterocycles. The monoisotopic (exact) mass is 439 g/mol. The number of ether oxygens (including phenoxy) is 2. The number of sulfone groups is 1. The van der Waals surface area contributed by atoms with Gasteiger partial charge in [0.25, 0.3) is 0 Å². The van der Waals surface area contributed by atoms with Gasteiger partial charge in [-0.15, -0.1) is 0 Å². The van der Waals surface area contributed by atoms with Crippen LogP contribution in [0.25, 0.3) is 0 Å². The maximum absolute atomic E-state index is 12.1. The van der Waals surface area contributed by atoms with Crippen LogP contribution in [0.4, 0.5) is 13.2 Å². The van der Waals surface area contributed by atoms with Crippen LogP contribution in [0.5, 0.6) is 0 Å². The SMILES string of the molecule is CCNC(=NCc1ccc(COCC(F)(F)F)cc1)NCCOCCS(C)(=O)=O. The molecule has 1 aromatic rings. The summed E-state index contributed by atoms with van der Waals surface area (Å²) in [6.45, 7) is 2.55. The minimum absolute atomic E-state index is 0.0155. The average molecular weight is 440 g/mol. The zero-order chi connectivity index (χ0) is 21.8. The summed E-state index contributed by atoms with van der Waals surface area (Å²) in [5.74, 6) is 0.565. The van der Waals surface area contributed by atoms with E-state index >= 15 is 0 Å². The number of rotatable bonds is 12. The molecule has 166 valence electrons. The Bertz CT molecular complexity index is 723. The van der Waals surface area contributed by atoms with Crippen molar-refractivity contribution in [2.45, 2.75) is 26.3 Å². The van der Waals surface area contributed by atoms with Crippen molar-refractivity contribution in [3.8, 4) is 0 Å². The molecule has 0 radical (unpaired) electrons. The van der Waals surface area contributed by atoms with Crippen LogP contribution in [-0.4, -0.2) is 65.5 Å². The number of nitrogens with zero attached hydrogens (tertiary/aromatic N) is 1. The fourth-order valence-corrected chi connectivity index (χ4v) is 2.51. The minimum Gasteiger partial charge on any atom is -0.379 e. The predicted octanol–water partition coefficient (Wildman–Crippen LogP) is 1.88. The summed E-state index contributed by atoms with van der Waals surface area (Å²) in [5, 5.41) is 6.16. The second-order valence-corrected chi connectivity index (χ2v) is 8.55. The third-order valence-electron chi connectivity index (χ3n) is 3.46. The Hall–Kier alpha value is -1.85. The highest BCUT2D eigenvalue weighted by Crippen LogP contribution is 2.16. The van der Waals surface area contributed by atoms with E-state index in [0.717, 1.165) is 11.8 Å². The van der Waals surface area contributed by atoms with Gasteiger partial charge in [0.2, 0.25) is 0 Å². The number of alkyl halides is 3. The molecule has 0 bridgehead atoms. The molecule has 11 heteroatoms. The lowest BCUT2D eigenvalue weighted by atomic mass is 10.1. The Balaban J connectivity index is 2.39. The van der Waals surface area contributed by atoms with Crippen LogP contribution < -0.4 is 10.6 Å². The van der Waals surface area contributed by atoms with Crippen LogP contribution >= 0.6 is 0 Å². The molecule has 7 nitrogen and oxygen atoms in total. The largest absolute Gasteiger partial charge is 0.411 e. The summed E-state index contributed by atoms with van der Waals surface area (Å²) in [6.07, 6.45) is -3.17. The van der Waals surface area contributed by atoms with Gasteiger partial charge in [-0.3, -0.25) is 0 Å². The van der Waals surface area contributed by atoms with Gasteiger partial charge in [0, 0.05) is 19.3 Å². The predicted molar refractivity (Wildman–Crippen MR) is 106 cm³/mol. The Morgan fingerprint density at radius 2 is 1.72 bits per heavy atom. The molecule has 0 heterocycles. The third kappa shape index (κ3) is 13.9. The third-order valence-corrected chi connectivity index (χ3v) is 4.37. The summed E-state index contributed by atoms with van der Waals surface area (Å²) >= 11 is 0. The van der Waals surface area contributed by atoms with Crippen molar-refractivity contribution in [1.82, 2.24) is 10.6 Å². The van der Waals surface area contributed by atoms with Crippen LogP contribution in [0.3, 0.4) is 0 Å². The molecule has 0 amide bonds. The number of hydrogen-bond acceptors (Lipinski definition) is 5. The molecule has 0 unspecified atom stereocenters. The molecule has 0 aliphatic carbocycles. The van der Waals surface area contributed by atoms with E-state index in [1.807, 2.05) is 6.92 Å². The van der Waals surface area contributed by atoms with Gasteiger partial charge in [0.05, 0.1) is 32.1 Å². The minimum atomic E-state index is -4.33. The molecule has 1 aromatic carbocycles. The molecule has 0 saturated carbocycles. The highest BCUT2D eigenvalue weighted by molar-refractivity contribution is 7.90. The van der Waals surface area contributed by atoms with Crippen LogP contribution in [0.15, 0.2) is 29.3 Å². The van der Waals surface area contributed by atoms with Gasteiger partial charge in [0.1, 0.15) is 16.4 Å². The standard InChI is InChI=1S/C18H28F3N3O4S/c1-3-22-17(23-8-9-27-10-11-29(2,25)26)24-12-15-4-6-16(7-5-15)13-28-14-18(19,20)21/h4-7H,3,8-14H2,1-2H3,(H2,22,23,24). The quantitative estimate of drug-likeness (QED) is 0.294. The van der Waals surface area contributed by atoms with E-state index in [2.05, 4.69) is 20.4 Å². The molecular weight excluding hydrogens is 411 g/mol. The normalized spacial score (nSPS) is 12.8. The van der Waals surface area contributed by atoms with Gasteiger partial charge < -0.3 is 20.1 Å². The second-order valence-electron chi connectivity index (χ2n) is 6.29. The van der Waals surface area contributed by atoms with Crippen molar-refractivity contribution >= 4 is 15.8 Å². The van der Waals surface area contributed by atoms with E-state index in [0.29, 0.717) is 37.8 Å². The number of benzene rings is 1. The summed E-state index contributed by atoms with van der Waals surface area (Å²) in [4.78, 5) is 4.43. The van der Waals surface area contributed by atoms with E-state index in [4.69, 9.17) is 4.74 Å². The molecule has 0 aliphatic heterocycles. The van der Waals surface area contributed by atoms with Crippen LogP contribution in [0.2, 0.25) is 0 Å². The van der Waals surface area contributed by atoms with Crippen molar-refractivity contribution in [2.24, 2.45) is 4.99 Å². The van der Waals surface area contributed by atoms with Gasteiger partial charge in [-0.2, -0.15) is 13.2 Å². The first kappa shape index (κ1) is 25.2. The molecule has 0 fully saturated rings. The molecule has 0 aliphatic rings. The molecular formula is C18H28F3N3O4S. The van der Waals surface area contributed by atoms with Gasteiger partial charge in [0.15, 0.2) is 5.96 Å². The van der Waals surface area contributed by atoms with Crippen molar-refractivity contribution in [2.75, 3.05) is 44.9 Å². The van der Waals surface area contributed by atoms with Gasteiger partial charge in [-0.25, -0.2) is 13.4 Å². The van der Waals surface area contributed by atoms with Crippen molar-refractivity contribution < 1.29 is 31.1 Å². The molecule has 2 N–H and O–H groups in total. The lowest BCUT2D eigenvalue weighted by molar-refractivity contribution is -0.176. The molecule has 1 rings (SSSR count). The topological polar surface area (TPSA) is 89.0 Å². The molecule has 0 spiro atoms. The second kappa shape index (κ2) is 12.7. The number of aliphatic imine (C=N–C) groups is 1. The number of hydrogen-bond donors (Lipinski definition) is 2. The summed E-state index contributed by atoms with van der Waals surface area (Å²) in [7, 11) is -3.03. The Morgan fingerprint density at radius 1 is 1.07 bits per heavy atom. The van der Waals surface area contributed by atoms with E-state index in [1.165, 1.54) is 0 Å². The summed E-state index contributed by atoms with van der Waals surface area (Å²) in [6, 6.07) is 6.98. The van der Waals surface area contributed by atoms with Crippen molar-refractivity contribution in [1.29, 1.82) is 0 Å². The average Bonchev–Trinajstić information content (AvgIpc) is 2.61.